The van der Waals surface area contributed by atoms with Gasteiger partial charge in [-0.05, 0) is 24.8 Å². The number of hydrogen-bond acceptors (Lipinski definition) is 3. The van der Waals surface area contributed by atoms with E-state index in [4.69, 9.17) is 0 Å². The van der Waals surface area contributed by atoms with E-state index in [1.165, 1.54) is 0 Å². The Morgan fingerprint density at radius 3 is 2.79 bits per heavy atom. The molecule has 1 heterocycles. The molecule has 19 heavy (non-hydrogen) atoms. The summed E-state index contributed by atoms with van der Waals surface area (Å²) in [6.45, 7) is 3.67. The third-order valence-corrected chi connectivity index (χ3v) is 3.29. The average molecular weight is 258 g/mol. The quantitative estimate of drug-likeness (QED) is 0.863. The standard InChI is InChI=1S/C15H18N2O2/c1-3-9-15(2,14(18)19)17-13-12-7-5-4-6-11(12)8-10-16-13/h4-8,10H,3,9H2,1-2H3,(H,16,17)(H,18,19). The van der Waals surface area contributed by atoms with E-state index in [9.17, 15) is 9.90 Å². The van der Waals surface area contributed by atoms with Crippen LogP contribution in [-0.2, 0) is 4.79 Å². The number of carboxylic acid groups (broad SMARTS) is 1. The van der Waals surface area contributed by atoms with Crippen LogP contribution in [0.15, 0.2) is 36.5 Å². The number of nitrogens with one attached hydrogen (secondary N) is 1. The van der Waals surface area contributed by atoms with Crippen molar-refractivity contribution in [2.45, 2.75) is 32.2 Å². The van der Waals surface area contributed by atoms with Crippen LogP contribution in [-0.4, -0.2) is 21.6 Å². The summed E-state index contributed by atoms with van der Waals surface area (Å²) in [6.07, 6.45) is 3.03. The molecule has 2 N–H and O–H groups in total. The largest absolute Gasteiger partial charge is 0.480 e. The van der Waals surface area contributed by atoms with Crippen molar-refractivity contribution in [3.05, 3.63) is 36.5 Å². The summed E-state index contributed by atoms with van der Waals surface area (Å²) >= 11 is 0. The Balaban J connectivity index is 2.42. The lowest BCUT2D eigenvalue weighted by Gasteiger charge is -2.27. The highest BCUT2D eigenvalue weighted by Gasteiger charge is 2.32. The molecule has 0 aliphatic heterocycles. The van der Waals surface area contributed by atoms with E-state index in [0.717, 1.165) is 17.2 Å². The van der Waals surface area contributed by atoms with Crippen LogP contribution in [0.2, 0.25) is 0 Å². The Hall–Kier alpha value is -2.10. The molecule has 1 atom stereocenters. The van der Waals surface area contributed by atoms with Gasteiger partial charge in [0.15, 0.2) is 0 Å². The van der Waals surface area contributed by atoms with E-state index in [-0.39, 0.29) is 0 Å². The normalized spacial score (nSPS) is 14.0. The van der Waals surface area contributed by atoms with Gasteiger partial charge in [-0.15, -0.1) is 0 Å². The van der Waals surface area contributed by atoms with Crippen molar-refractivity contribution in [1.29, 1.82) is 0 Å². The van der Waals surface area contributed by atoms with E-state index in [1.807, 2.05) is 37.3 Å². The molecule has 0 aliphatic carbocycles. The van der Waals surface area contributed by atoms with Gasteiger partial charge in [-0.3, -0.25) is 0 Å². The van der Waals surface area contributed by atoms with Crippen LogP contribution in [0.5, 0.6) is 0 Å². The molecule has 0 fully saturated rings. The Morgan fingerprint density at radius 1 is 1.37 bits per heavy atom. The van der Waals surface area contributed by atoms with Crippen molar-refractivity contribution in [2.24, 2.45) is 0 Å². The number of carboxylic acids is 1. The minimum absolute atomic E-state index is 0.549. The highest BCUT2D eigenvalue weighted by molar-refractivity contribution is 5.94. The second-order valence-corrected chi connectivity index (χ2v) is 4.89. The lowest BCUT2D eigenvalue weighted by molar-refractivity contribution is -0.142. The molecular weight excluding hydrogens is 240 g/mol. The Morgan fingerprint density at radius 2 is 2.11 bits per heavy atom. The van der Waals surface area contributed by atoms with Gasteiger partial charge >= 0.3 is 5.97 Å². The topological polar surface area (TPSA) is 62.2 Å². The molecule has 1 unspecified atom stereocenters. The molecule has 0 radical (unpaired) electrons. The number of aliphatic carboxylic acids is 1. The van der Waals surface area contributed by atoms with E-state index < -0.39 is 11.5 Å². The summed E-state index contributed by atoms with van der Waals surface area (Å²) in [5, 5.41) is 14.5. The van der Waals surface area contributed by atoms with Gasteiger partial charge in [0.1, 0.15) is 11.4 Å². The fraction of sp³-hybridized carbons (Fsp3) is 0.333. The maximum Gasteiger partial charge on any atom is 0.329 e. The van der Waals surface area contributed by atoms with Crippen LogP contribution in [0.4, 0.5) is 5.82 Å². The summed E-state index contributed by atoms with van der Waals surface area (Å²) in [7, 11) is 0. The van der Waals surface area contributed by atoms with Crippen LogP contribution in [0.25, 0.3) is 10.8 Å². The minimum atomic E-state index is -0.994. The van der Waals surface area contributed by atoms with Gasteiger partial charge in [-0.1, -0.05) is 37.6 Å². The van der Waals surface area contributed by atoms with E-state index >= 15 is 0 Å². The number of benzene rings is 1. The van der Waals surface area contributed by atoms with Gasteiger partial charge in [0.2, 0.25) is 0 Å². The number of nitrogens with zero attached hydrogens (tertiary/aromatic N) is 1. The Bertz CT molecular complexity index is 592. The fourth-order valence-corrected chi connectivity index (χ4v) is 2.20. The molecule has 0 saturated carbocycles. The summed E-state index contributed by atoms with van der Waals surface area (Å²) < 4.78 is 0. The Labute approximate surface area is 112 Å². The minimum Gasteiger partial charge on any atom is -0.480 e. The van der Waals surface area contributed by atoms with Crippen molar-refractivity contribution in [3.63, 3.8) is 0 Å². The molecule has 1 aromatic heterocycles. The summed E-state index contributed by atoms with van der Waals surface area (Å²) in [5.74, 6) is -0.236. The molecule has 1 aromatic carbocycles. The predicted octanol–water partition coefficient (Wildman–Crippen LogP) is 3.29. The van der Waals surface area contributed by atoms with Crippen LogP contribution >= 0.6 is 0 Å². The van der Waals surface area contributed by atoms with E-state index in [2.05, 4.69) is 10.3 Å². The van der Waals surface area contributed by atoms with Crippen LogP contribution in [0, 0.1) is 0 Å². The lowest BCUT2D eigenvalue weighted by atomic mass is 9.96. The van der Waals surface area contributed by atoms with Crippen LogP contribution in [0.1, 0.15) is 26.7 Å². The summed E-state index contributed by atoms with van der Waals surface area (Å²) in [4.78, 5) is 15.7. The molecule has 0 spiro atoms. The highest BCUT2D eigenvalue weighted by atomic mass is 16.4. The number of hydrogen-bond donors (Lipinski definition) is 2. The number of aromatic nitrogens is 1. The number of pyridine rings is 1. The first-order chi connectivity index (χ1) is 9.07. The van der Waals surface area contributed by atoms with Crippen molar-refractivity contribution < 1.29 is 9.90 Å². The number of rotatable bonds is 5. The first-order valence-electron chi connectivity index (χ1n) is 6.42. The van der Waals surface area contributed by atoms with E-state index in [0.29, 0.717) is 12.2 Å². The van der Waals surface area contributed by atoms with Gasteiger partial charge in [-0.2, -0.15) is 0 Å². The number of fused-ring (bicyclic) bond motifs is 1. The van der Waals surface area contributed by atoms with Crippen LogP contribution < -0.4 is 5.32 Å². The van der Waals surface area contributed by atoms with Gasteiger partial charge in [0.05, 0.1) is 0 Å². The second kappa shape index (κ2) is 5.26. The van der Waals surface area contributed by atoms with Gasteiger partial charge in [0, 0.05) is 11.6 Å². The van der Waals surface area contributed by atoms with E-state index in [1.54, 1.807) is 13.1 Å². The monoisotopic (exact) mass is 258 g/mol. The zero-order chi connectivity index (χ0) is 13.9. The zero-order valence-electron chi connectivity index (χ0n) is 11.2. The highest BCUT2D eigenvalue weighted by Crippen LogP contribution is 2.25. The molecule has 0 saturated heterocycles. The lowest BCUT2D eigenvalue weighted by Crippen LogP contribution is -2.43. The molecule has 2 rings (SSSR count). The maximum absolute atomic E-state index is 11.5. The second-order valence-electron chi connectivity index (χ2n) is 4.89. The SMILES string of the molecule is CCCC(C)(Nc1nccc2ccccc12)C(=O)O. The smallest absolute Gasteiger partial charge is 0.329 e. The summed E-state index contributed by atoms with van der Waals surface area (Å²) in [5.41, 5.74) is -0.994. The van der Waals surface area contributed by atoms with Gasteiger partial charge in [-0.25, -0.2) is 9.78 Å². The fourth-order valence-electron chi connectivity index (χ4n) is 2.20. The van der Waals surface area contributed by atoms with Crippen molar-refractivity contribution in [2.75, 3.05) is 5.32 Å². The average Bonchev–Trinajstić information content (AvgIpc) is 2.39. The van der Waals surface area contributed by atoms with Crippen LogP contribution in [0.3, 0.4) is 0 Å². The third-order valence-electron chi connectivity index (χ3n) is 3.29. The van der Waals surface area contributed by atoms with Crippen molar-refractivity contribution >= 4 is 22.6 Å². The molecule has 0 aliphatic rings. The Kier molecular flexibility index (Phi) is 3.69. The molecular formula is C15H18N2O2. The zero-order valence-corrected chi connectivity index (χ0v) is 11.2. The van der Waals surface area contributed by atoms with Crippen molar-refractivity contribution in [1.82, 2.24) is 4.98 Å². The summed E-state index contributed by atoms with van der Waals surface area (Å²) in [6, 6.07) is 9.72. The van der Waals surface area contributed by atoms with Crippen molar-refractivity contribution in [3.8, 4) is 0 Å². The molecule has 4 heteroatoms. The molecule has 100 valence electrons. The molecule has 0 amide bonds. The van der Waals surface area contributed by atoms with Gasteiger partial charge < -0.3 is 10.4 Å². The van der Waals surface area contributed by atoms with Gasteiger partial charge in [0.25, 0.3) is 0 Å². The predicted molar refractivity (Wildman–Crippen MR) is 76.3 cm³/mol. The third kappa shape index (κ3) is 2.67. The maximum atomic E-state index is 11.5. The molecule has 0 bridgehead atoms. The molecule has 2 aromatic rings. The molecule has 4 nitrogen and oxygen atoms in total. The first kappa shape index (κ1) is 13.3. The number of anilines is 1. The first-order valence-corrected chi connectivity index (χ1v) is 6.42. The number of carbonyl (C=O) groups is 1.